The molecule has 0 aliphatic heterocycles. The first-order chi connectivity index (χ1) is 6.20. The quantitative estimate of drug-likeness (QED) is 0.663. The molecule has 2 nitrogen and oxygen atoms in total. The lowest BCUT2D eigenvalue weighted by Gasteiger charge is -2.17. The van der Waals surface area contributed by atoms with Crippen LogP contribution in [0.1, 0.15) is 40.0 Å². The average Bonchev–Trinajstić information content (AvgIpc) is 2.45. The second kappa shape index (κ2) is 5.61. The van der Waals surface area contributed by atoms with Crippen LogP contribution in [0, 0.1) is 5.92 Å². The van der Waals surface area contributed by atoms with Crippen molar-refractivity contribution in [3.63, 3.8) is 0 Å². The minimum atomic E-state index is 0.364. The van der Waals surface area contributed by atoms with Gasteiger partial charge in [-0.1, -0.05) is 13.3 Å². The first kappa shape index (κ1) is 11.0. The molecule has 2 heteroatoms. The average molecular weight is 185 g/mol. The van der Waals surface area contributed by atoms with Crippen LogP contribution >= 0.6 is 0 Å². The number of nitrogens with one attached hydrogen (secondary N) is 1. The number of ether oxygens (including phenoxy) is 1. The highest BCUT2D eigenvalue weighted by Crippen LogP contribution is 2.24. The lowest BCUT2D eigenvalue weighted by atomic mass is 10.1. The van der Waals surface area contributed by atoms with Crippen LogP contribution in [-0.4, -0.2) is 25.3 Å². The summed E-state index contributed by atoms with van der Waals surface area (Å²) in [6.07, 6.45) is 4.50. The van der Waals surface area contributed by atoms with Gasteiger partial charge in [-0.05, 0) is 32.6 Å². The van der Waals surface area contributed by atoms with Crippen LogP contribution in [0.4, 0.5) is 0 Å². The molecule has 78 valence electrons. The standard InChI is InChI=1S/C11H23NO/c1-9(2)13-8-7-12-11-6-4-5-10(11)3/h9-12H,4-8H2,1-3H3. The Bertz CT molecular complexity index is 136. The summed E-state index contributed by atoms with van der Waals surface area (Å²) >= 11 is 0. The molecule has 0 aromatic heterocycles. The van der Waals surface area contributed by atoms with Crippen molar-refractivity contribution >= 4 is 0 Å². The fourth-order valence-electron chi connectivity index (χ4n) is 1.99. The molecule has 0 spiro atoms. The Morgan fingerprint density at radius 1 is 1.38 bits per heavy atom. The van der Waals surface area contributed by atoms with E-state index in [4.69, 9.17) is 4.74 Å². The van der Waals surface area contributed by atoms with Gasteiger partial charge in [-0.25, -0.2) is 0 Å². The summed E-state index contributed by atoms with van der Waals surface area (Å²) in [5.74, 6) is 0.860. The summed E-state index contributed by atoms with van der Waals surface area (Å²) in [4.78, 5) is 0. The first-order valence-corrected chi connectivity index (χ1v) is 5.55. The molecular weight excluding hydrogens is 162 g/mol. The first-order valence-electron chi connectivity index (χ1n) is 5.55. The summed E-state index contributed by atoms with van der Waals surface area (Å²) in [5.41, 5.74) is 0. The molecule has 0 bridgehead atoms. The van der Waals surface area contributed by atoms with Gasteiger partial charge >= 0.3 is 0 Å². The lowest BCUT2D eigenvalue weighted by molar-refractivity contribution is 0.0787. The van der Waals surface area contributed by atoms with Crippen LogP contribution in [0.5, 0.6) is 0 Å². The second-order valence-corrected chi connectivity index (χ2v) is 4.39. The largest absolute Gasteiger partial charge is 0.377 e. The van der Waals surface area contributed by atoms with Crippen LogP contribution in [0.3, 0.4) is 0 Å². The minimum absolute atomic E-state index is 0.364. The fourth-order valence-corrected chi connectivity index (χ4v) is 1.99. The number of rotatable bonds is 5. The maximum Gasteiger partial charge on any atom is 0.0594 e. The van der Waals surface area contributed by atoms with Crippen LogP contribution in [0.2, 0.25) is 0 Å². The SMILES string of the molecule is CC(C)OCCNC1CCCC1C. The van der Waals surface area contributed by atoms with Crippen molar-refractivity contribution < 1.29 is 4.74 Å². The van der Waals surface area contributed by atoms with Crippen molar-refractivity contribution in [2.75, 3.05) is 13.2 Å². The van der Waals surface area contributed by atoms with Gasteiger partial charge in [0, 0.05) is 12.6 Å². The third kappa shape index (κ3) is 4.10. The van der Waals surface area contributed by atoms with E-state index in [1.165, 1.54) is 19.3 Å². The van der Waals surface area contributed by atoms with Crippen molar-refractivity contribution in [3.05, 3.63) is 0 Å². The van der Waals surface area contributed by atoms with Gasteiger partial charge < -0.3 is 10.1 Å². The molecular formula is C11H23NO. The van der Waals surface area contributed by atoms with E-state index in [1.54, 1.807) is 0 Å². The molecule has 0 heterocycles. The second-order valence-electron chi connectivity index (χ2n) is 4.39. The number of hydrogen-bond acceptors (Lipinski definition) is 2. The highest BCUT2D eigenvalue weighted by Gasteiger charge is 2.21. The summed E-state index contributed by atoms with van der Waals surface area (Å²) in [7, 11) is 0. The molecule has 0 radical (unpaired) electrons. The maximum absolute atomic E-state index is 5.47. The van der Waals surface area contributed by atoms with Crippen molar-refractivity contribution in [3.8, 4) is 0 Å². The van der Waals surface area contributed by atoms with Gasteiger partial charge in [0.15, 0.2) is 0 Å². The molecule has 2 unspecified atom stereocenters. The third-order valence-electron chi connectivity index (χ3n) is 2.82. The predicted molar refractivity (Wildman–Crippen MR) is 55.9 cm³/mol. The molecule has 0 aromatic rings. The van der Waals surface area contributed by atoms with Gasteiger partial charge in [0.2, 0.25) is 0 Å². The van der Waals surface area contributed by atoms with E-state index in [2.05, 4.69) is 26.1 Å². The van der Waals surface area contributed by atoms with Gasteiger partial charge in [0.05, 0.1) is 12.7 Å². The van der Waals surface area contributed by atoms with E-state index >= 15 is 0 Å². The summed E-state index contributed by atoms with van der Waals surface area (Å²) < 4.78 is 5.47. The Balaban J connectivity index is 1.99. The van der Waals surface area contributed by atoms with Crippen LogP contribution in [-0.2, 0) is 4.74 Å². The van der Waals surface area contributed by atoms with E-state index in [1.807, 2.05) is 0 Å². The van der Waals surface area contributed by atoms with Crippen LogP contribution in [0.15, 0.2) is 0 Å². The zero-order valence-electron chi connectivity index (χ0n) is 9.18. The Kier molecular flexibility index (Phi) is 4.74. The Hall–Kier alpha value is -0.0800. The summed E-state index contributed by atoms with van der Waals surface area (Å²) in [6, 6.07) is 0.746. The zero-order chi connectivity index (χ0) is 9.68. The Morgan fingerprint density at radius 2 is 2.15 bits per heavy atom. The summed E-state index contributed by atoms with van der Waals surface area (Å²) in [5, 5.41) is 3.56. The van der Waals surface area contributed by atoms with Crippen molar-refractivity contribution in [2.24, 2.45) is 5.92 Å². The topological polar surface area (TPSA) is 21.3 Å². The Morgan fingerprint density at radius 3 is 2.69 bits per heavy atom. The van der Waals surface area contributed by atoms with E-state index in [0.29, 0.717) is 6.10 Å². The smallest absolute Gasteiger partial charge is 0.0594 e. The van der Waals surface area contributed by atoms with Crippen LogP contribution in [0.25, 0.3) is 0 Å². The third-order valence-corrected chi connectivity index (χ3v) is 2.82. The molecule has 1 aliphatic rings. The van der Waals surface area contributed by atoms with Gasteiger partial charge in [0.1, 0.15) is 0 Å². The van der Waals surface area contributed by atoms with Crippen molar-refractivity contribution in [2.45, 2.75) is 52.2 Å². The lowest BCUT2D eigenvalue weighted by Crippen LogP contribution is -2.34. The van der Waals surface area contributed by atoms with Crippen molar-refractivity contribution in [1.29, 1.82) is 0 Å². The van der Waals surface area contributed by atoms with Gasteiger partial charge in [-0.2, -0.15) is 0 Å². The predicted octanol–water partition coefficient (Wildman–Crippen LogP) is 2.19. The van der Waals surface area contributed by atoms with Gasteiger partial charge in [-0.15, -0.1) is 0 Å². The molecule has 1 aliphatic carbocycles. The van der Waals surface area contributed by atoms with Crippen molar-refractivity contribution in [1.82, 2.24) is 5.32 Å². The summed E-state index contributed by atoms with van der Waals surface area (Å²) in [6.45, 7) is 8.36. The molecule has 0 amide bonds. The normalized spacial score (nSPS) is 28.6. The van der Waals surface area contributed by atoms with Crippen LogP contribution < -0.4 is 5.32 Å². The van der Waals surface area contributed by atoms with E-state index in [-0.39, 0.29) is 0 Å². The molecule has 0 aromatic carbocycles. The molecule has 1 saturated carbocycles. The van der Waals surface area contributed by atoms with Gasteiger partial charge in [0.25, 0.3) is 0 Å². The van der Waals surface area contributed by atoms with Gasteiger partial charge in [-0.3, -0.25) is 0 Å². The fraction of sp³-hybridized carbons (Fsp3) is 1.00. The highest BCUT2D eigenvalue weighted by molar-refractivity contribution is 4.79. The van der Waals surface area contributed by atoms with E-state index in [0.717, 1.165) is 25.1 Å². The molecule has 1 rings (SSSR count). The molecule has 1 N–H and O–H groups in total. The molecule has 2 atom stereocenters. The molecule has 13 heavy (non-hydrogen) atoms. The molecule has 1 fully saturated rings. The molecule has 0 saturated heterocycles. The maximum atomic E-state index is 5.47. The van der Waals surface area contributed by atoms with E-state index in [9.17, 15) is 0 Å². The minimum Gasteiger partial charge on any atom is -0.377 e. The zero-order valence-corrected chi connectivity index (χ0v) is 9.18. The Labute approximate surface area is 82.0 Å². The highest BCUT2D eigenvalue weighted by atomic mass is 16.5. The van der Waals surface area contributed by atoms with E-state index < -0.39 is 0 Å². The monoisotopic (exact) mass is 185 g/mol. The number of hydrogen-bond donors (Lipinski definition) is 1.